The molecular weight excluding hydrogens is 530 g/mol. The summed E-state index contributed by atoms with van der Waals surface area (Å²) in [7, 11) is -1.07. The molecule has 2 fully saturated rings. The summed E-state index contributed by atoms with van der Waals surface area (Å²) in [4.78, 5) is 0. The van der Waals surface area contributed by atoms with Crippen molar-refractivity contribution in [2.24, 2.45) is 5.92 Å². The summed E-state index contributed by atoms with van der Waals surface area (Å²) in [6, 6.07) is 30.5. The summed E-state index contributed by atoms with van der Waals surface area (Å²) in [5, 5.41) is 0. The SMILES string of the molecule is CC1(C)OB(C2=C(c3ccccc3)C3c4ccccc4CC3C(B3OC(C)(C)C(C)(C)O3)=C2c2ccccc2)OC1(C)C. The first kappa shape index (κ1) is 28.9. The Morgan fingerprint density at radius 2 is 1.02 bits per heavy atom. The van der Waals surface area contributed by atoms with Crippen molar-refractivity contribution in [1.29, 1.82) is 0 Å². The number of fused-ring (bicyclic) bond motifs is 3. The van der Waals surface area contributed by atoms with Crippen LogP contribution in [0.3, 0.4) is 0 Å². The Hall–Kier alpha value is -2.89. The van der Waals surface area contributed by atoms with E-state index >= 15 is 0 Å². The summed E-state index contributed by atoms with van der Waals surface area (Å²) in [5.41, 5.74) is 7.80. The van der Waals surface area contributed by atoms with Crippen LogP contribution < -0.4 is 0 Å². The van der Waals surface area contributed by atoms with Crippen molar-refractivity contribution in [3.63, 3.8) is 0 Å². The zero-order valence-corrected chi connectivity index (χ0v) is 26.7. The third-order valence-electron chi connectivity index (χ3n) is 10.9. The highest BCUT2D eigenvalue weighted by atomic mass is 16.7. The Morgan fingerprint density at radius 1 is 0.558 bits per heavy atom. The van der Waals surface area contributed by atoms with E-state index in [1.165, 1.54) is 27.7 Å². The molecule has 0 N–H and O–H groups in total. The molecule has 4 nitrogen and oxygen atoms in total. The van der Waals surface area contributed by atoms with E-state index in [0.29, 0.717) is 0 Å². The van der Waals surface area contributed by atoms with Gasteiger partial charge in [0, 0.05) is 5.92 Å². The Balaban J connectivity index is 1.59. The first-order valence-electron chi connectivity index (χ1n) is 15.7. The molecule has 2 atom stereocenters. The van der Waals surface area contributed by atoms with Gasteiger partial charge in [-0.25, -0.2) is 0 Å². The van der Waals surface area contributed by atoms with E-state index in [-0.39, 0.29) is 11.8 Å². The van der Waals surface area contributed by atoms with Gasteiger partial charge in [-0.15, -0.1) is 0 Å². The summed E-state index contributed by atoms with van der Waals surface area (Å²) in [6.45, 7) is 17.1. The predicted molar refractivity (Wildman–Crippen MR) is 175 cm³/mol. The minimum atomic E-state index is -0.568. The summed E-state index contributed by atoms with van der Waals surface area (Å²) < 4.78 is 27.7. The molecule has 6 heteroatoms. The van der Waals surface area contributed by atoms with E-state index in [2.05, 4.69) is 140 Å². The molecule has 43 heavy (non-hydrogen) atoms. The number of benzene rings is 3. The molecule has 2 unspecified atom stereocenters. The Kier molecular flexibility index (Phi) is 6.58. The second-order valence-corrected chi connectivity index (χ2v) is 14.6. The second-order valence-electron chi connectivity index (χ2n) is 14.6. The van der Waals surface area contributed by atoms with E-state index in [4.69, 9.17) is 18.6 Å². The molecule has 0 aromatic heterocycles. The van der Waals surface area contributed by atoms with Crippen LogP contribution in [0.2, 0.25) is 0 Å². The molecule has 3 aromatic rings. The van der Waals surface area contributed by atoms with Gasteiger partial charge in [0.2, 0.25) is 0 Å². The molecular formula is C37H42B2O4. The summed E-state index contributed by atoms with van der Waals surface area (Å²) in [6.07, 6.45) is 0.920. The minimum absolute atomic E-state index is 0.106. The van der Waals surface area contributed by atoms with E-state index < -0.39 is 36.6 Å². The zero-order valence-electron chi connectivity index (χ0n) is 26.7. The molecule has 0 spiro atoms. The van der Waals surface area contributed by atoms with Crippen molar-refractivity contribution in [2.45, 2.75) is 90.1 Å². The van der Waals surface area contributed by atoms with Crippen molar-refractivity contribution >= 4 is 25.4 Å². The average molecular weight is 572 g/mol. The fourth-order valence-corrected chi connectivity index (χ4v) is 7.23. The average Bonchev–Trinajstić information content (AvgIpc) is 3.52. The van der Waals surface area contributed by atoms with Crippen molar-refractivity contribution in [1.82, 2.24) is 0 Å². The maximum Gasteiger partial charge on any atom is 0.495 e. The topological polar surface area (TPSA) is 36.9 Å². The van der Waals surface area contributed by atoms with E-state index in [9.17, 15) is 0 Å². The van der Waals surface area contributed by atoms with Crippen molar-refractivity contribution in [3.8, 4) is 0 Å². The van der Waals surface area contributed by atoms with Gasteiger partial charge < -0.3 is 18.6 Å². The third kappa shape index (κ3) is 4.44. The minimum Gasteiger partial charge on any atom is -0.400 e. The molecule has 2 aliphatic carbocycles. The molecule has 0 bridgehead atoms. The Labute approximate surface area is 257 Å². The summed E-state index contributed by atoms with van der Waals surface area (Å²) in [5.74, 6) is 0.262. The molecule has 7 rings (SSSR count). The maximum atomic E-state index is 6.94. The fraction of sp³-hybridized carbons (Fsp3) is 0.405. The van der Waals surface area contributed by atoms with Crippen LogP contribution in [0.1, 0.15) is 83.6 Å². The molecule has 0 radical (unpaired) electrons. The lowest BCUT2D eigenvalue weighted by Gasteiger charge is -2.38. The molecule has 2 saturated heterocycles. The van der Waals surface area contributed by atoms with Gasteiger partial charge >= 0.3 is 14.2 Å². The molecule has 2 aliphatic heterocycles. The Morgan fingerprint density at radius 3 is 1.58 bits per heavy atom. The van der Waals surface area contributed by atoms with E-state index in [0.717, 1.165) is 23.0 Å². The van der Waals surface area contributed by atoms with Gasteiger partial charge in [-0.3, -0.25) is 0 Å². The van der Waals surface area contributed by atoms with E-state index in [1.807, 2.05) is 0 Å². The van der Waals surface area contributed by atoms with E-state index in [1.54, 1.807) is 0 Å². The number of rotatable bonds is 4. The molecule has 4 aliphatic rings. The van der Waals surface area contributed by atoms with Crippen molar-refractivity contribution in [2.75, 3.05) is 0 Å². The van der Waals surface area contributed by atoms with Gasteiger partial charge in [0.25, 0.3) is 0 Å². The third-order valence-corrected chi connectivity index (χ3v) is 10.9. The van der Waals surface area contributed by atoms with Gasteiger partial charge in [-0.2, -0.15) is 0 Å². The maximum absolute atomic E-state index is 6.94. The van der Waals surface area contributed by atoms with Crippen molar-refractivity contribution in [3.05, 3.63) is 118 Å². The number of allylic oxidation sites excluding steroid dienone is 4. The smallest absolute Gasteiger partial charge is 0.400 e. The monoisotopic (exact) mass is 572 g/mol. The quantitative estimate of drug-likeness (QED) is 0.296. The lowest BCUT2D eigenvalue weighted by molar-refractivity contribution is 0.00578. The molecule has 3 aromatic carbocycles. The highest BCUT2D eigenvalue weighted by molar-refractivity contribution is 6.64. The lowest BCUT2D eigenvalue weighted by Crippen LogP contribution is -2.41. The standard InChI is InChI=1S/C37H42B2O4/c1-34(2)35(3,4)41-38(40-34)32-28-23-26-21-15-16-22-27(26)31(28)29(24-17-11-9-12-18-24)33(30(32)25-19-13-10-14-20-25)39-42-36(5,6)37(7,8)43-39/h9-22,28,31H,23H2,1-8H3. The van der Waals surface area contributed by atoms with Crippen molar-refractivity contribution < 1.29 is 18.6 Å². The van der Waals surface area contributed by atoms with Gasteiger partial charge in [0.15, 0.2) is 0 Å². The van der Waals surface area contributed by atoms with Crippen LogP contribution >= 0.6 is 0 Å². The molecule has 0 amide bonds. The Bertz CT molecular complexity index is 1590. The number of hydrogen-bond acceptors (Lipinski definition) is 4. The molecule has 0 saturated carbocycles. The van der Waals surface area contributed by atoms with Crippen LogP contribution in [0, 0.1) is 5.92 Å². The van der Waals surface area contributed by atoms with Crippen LogP contribution in [0.15, 0.2) is 95.9 Å². The van der Waals surface area contributed by atoms with Crippen LogP contribution in [0.4, 0.5) is 0 Å². The van der Waals surface area contributed by atoms with Gasteiger partial charge in [0.1, 0.15) is 0 Å². The van der Waals surface area contributed by atoms with Gasteiger partial charge in [0.05, 0.1) is 22.4 Å². The fourth-order valence-electron chi connectivity index (χ4n) is 7.23. The van der Waals surface area contributed by atoms with Crippen LogP contribution in [0.5, 0.6) is 0 Å². The first-order chi connectivity index (χ1) is 20.3. The lowest BCUT2D eigenvalue weighted by atomic mass is 9.52. The highest BCUT2D eigenvalue weighted by Gasteiger charge is 2.60. The summed E-state index contributed by atoms with van der Waals surface area (Å²) >= 11 is 0. The van der Waals surface area contributed by atoms with Gasteiger partial charge in [-0.05, 0) is 112 Å². The second kappa shape index (κ2) is 9.81. The molecule has 2 heterocycles. The van der Waals surface area contributed by atoms with Gasteiger partial charge in [-0.1, -0.05) is 84.9 Å². The zero-order chi connectivity index (χ0) is 30.4. The van der Waals surface area contributed by atoms with Crippen LogP contribution in [0.25, 0.3) is 11.1 Å². The largest absolute Gasteiger partial charge is 0.495 e. The van der Waals surface area contributed by atoms with Crippen LogP contribution in [-0.4, -0.2) is 36.6 Å². The highest BCUT2D eigenvalue weighted by Crippen LogP contribution is 2.60. The normalized spacial score (nSPS) is 26.6. The number of hydrogen-bond donors (Lipinski definition) is 0. The predicted octanol–water partition coefficient (Wildman–Crippen LogP) is 8.13. The first-order valence-corrected chi connectivity index (χ1v) is 15.7. The van der Waals surface area contributed by atoms with Crippen LogP contribution in [-0.2, 0) is 25.0 Å². The molecule has 220 valence electrons.